The first-order valence-corrected chi connectivity index (χ1v) is 7.31. The molecule has 0 aliphatic carbocycles. The van der Waals surface area contributed by atoms with Gasteiger partial charge in [0.2, 0.25) is 0 Å². The Morgan fingerprint density at radius 2 is 2.00 bits per heavy atom. The normalized spacial score (nSPS) is 15.5. The van der Waals surface area contributed by atoms with Gasteiger partial charge in [-0.25, -0.2) is 0 Å². The Morgan fingerprint density at radius 3 is 2.70 bits per heavy atom. The van der Waals surface area contributed by atoms with Crippen LogP contribution in [0.4, 0.5) is 10.8 Å². The van der Waals surface area contributed by atoms with Crippen LogP contribution in [0.5, 0.6) is 0 Å². The van der Waals surface area contributed by atoms with Crippen molar-refractivity contribution in [1.82, 2.24) is 4.98 Å². The fourth-order valence-electron chi connectivity index (χ4n) is 2.43. The summed E-state index contributed by atoms with van der Waals surface area (Å²) in [4.78, 5) is 28.8. The molecule has 1 saturated heterocycles. The van der Waals surface area contributed by atoms with Gasteiger partial charge in [0.1, 0.15) is 4.70 Å². The van der Waals surface area contributed by atoms with E-state index in [1.807, 2.05) is 4.90 Å². The third-order valence-corrected chi connectivity index (χ3v) is 4.60. The second kappa shape index (κ2) is 5.16. The maximum absolute atomic E-state index is 12.1. The maximum Gasteiger partial charge on any atom is 0.287 e. The molecule has 1 fully saturated rings. The summed E-state index contributed by atoms with van der Waals surface area (Å²) in [5, 5.41) is 12.0. The number of rotatable bonds is 2. The van der Waals surface area contributed by atoms with Crippen molar-refractivity contribution in [3.8, 4) is 0 Å². The van der Waals surface area contributed by atoms with Crippen LogP contribution in [0.2, 0.25) is 0 Å². The van der Waals surface area contributed by atoms with Gasteiger partial charge in [-0.2, -0.15) is 4.98 Å². The van der Waals surface area contributed by atoms with Crippen molar-refractivity contribution in [2.75, 3.05) is 18.0 Å². The van der Waals surface area contributed by atoms with Gasteiger partial charge in [0.15, 0.2) is 5.13 Å². The fraction of sp³-hybridized carbons (Fsp3) is 0.385. The van der Waals surface area contributed by atoms with Crippen molar-refractivity contribution in [2.45, 2.75) is 19.3 Å². The van der Waals surface area contributed by atoms with Crippen molar-refractivity contribution >= 4 is 32.2 Å². The molecule has 7 heteroatoms. The summed E-state index contributed by atoms with van der Waals surface area (Å²) in [5.41, 5.74) is -0.409. The molecule has 1 aliphatic heterocycles. The lowest BCUT2D eigenvalue weighted by Crippen LogP contribution is -2.30. The highest BCUT2D eigenvalue weighted by Crippen LogP contribution is 2.32. The van der Waals surface area contributed by atoms with E-state index in [9.17, 15) is 14.9 Å². The Balaban J connectivity index is 2.18. The monoisotopic (exact) mass is 291 g/mol. The lowest BCUT2D eigenvalue weighted by Gasteiger charge is -2.26. The van der Waals surface area contributed by atoms with E-state index in [1.165, 1.54) is 29.9 Å². The van der Waals surface area contributed by atoms with Crippen LogP contribution in [0.15, 0.2) is 23.0 Å². The highest BCUT2D eigenvalue weighted by Gasteiger charge is 2.19. The minimum absolute atomic E-state index is 0.0229. The minimum Gasteiger partial charge on any atom is -0.348 e. The Morgan fingerprint density at radius 1 is 1.25 bits per heavy atom. The molecule has 0 amide bonds. The molecular weight excluding hydrogens is 278 g/mol. The molecule has 0 saturated carbocycles. The van der Waals surface area contributed by atoms with Gasteiger partial charge in [0.25, 0.3) is 11.2 Å². The van der Waals surface area contributed by atoms with E-state index in [0.29, 0.717) is 15.2 Å². The molecule has 20 heavy (non-hydrogen) atoms. The zero-order valence-corrected chi connectivity index (χ0v) is 11.6. The van der Waals surface area contributed by atoms with Crippen molar-refractivity contribution in [2.24, 2.45) is 0 Å². The van der Waals surface area contributed by atoms with Gasteiger partial charge in [0.05, 0.1) is 10.3 Å². The molecule has 0 unspecified atom stereocenters. The number of piperidine rings is 1. The van der Waals surface area contributed by atoms with E-state index in [-0.39, 0.29) is 11.2 Å². The highest BCUT2D eigenvalue weighted by atomic mass is 32.1. The summed E-state index contributed by atoms with van der Waals surface area (Å²) < 4.78 is 0.415. The van der Waals surface area contributed by atoms with Gasteiger partial charge >= 0.3 is 0 Å². The molecular formula is C13H13N3O3S. The number of fused-ring (bicyclic) bond motifs is 1. The van der Waals surface area contributed by atoms with Gasteiger partial charge < -0.3 is 4.90 Å². The number of nitro groups is 1. The molecule has 0 radical (unpaired) electrons. The summed E-state index contributed by atoms with van der Waals surface area (Å²) >= 11 is 1.24. The number of anilines is 1. The summed E-state index contributed by atoms with van der Waals surface area (Å²) in [7, 11) is 0. The summed E-state index contributed by atoms with van der Waals surface area (Å²) in [5.74, 6) is 0. The van der Waals surface area contributed by atoms with Crippen molar-refractivity contribution in [1.29, 1.82) is 0 Å². The largest absolute Gasteiger partial charge is 0.348 e. The molecule has 1 aromatic heterocycles. The average Bonchev–Trinajstić information content (AvgIpc) is 2.47. The van der Waals surface area contributed by atoms with E-state index < -0.39 is 4.92 Å². The predicted octanol–water partition coefficient (Wildman–Crippen LogP) is 2.56. The van der Waals surface area contributed by atoms with Gasteiger partial charge in [-0.1, -0.05) is 17.4 Å². The second-order valence-electron chi connectivity index (χ2n) is 4.76. The van der Waals surface area contributed by atoms with E-state index in [0.717, 1.165) is 25.9 Å². The lowest BCUT2D eigenvalue weighted by atomic mass is 10.1. The van der Waals surface area contributed by atoms with Crippen molar-refractivity contribution in [3.05, 3.63) is 38.7 Å². The van der Waals surface area contributed by atoms with E-state index in [2.05, 4.69) is 4.98 Å². The van der Waals surface area contributed by atoms with Crippen LogP contribution < -0.4 is 10.5 Å². The summed E-state index contributed by atoms with van der Waals surface area (Å²) in [6, 6.07) is 4.54. The lowest BCUT2D eigenvalue weighted by molar-refractivity contribution is -0.382. The van der Waals surface area contributed by atoms with Crippen LogP contribution in [-0.4, -0.2) is 23.0 Å². The minimum atomic E-state index is -0.446. The van der Waals surface area contributed by atoms with Crippen molar-refractivity contribution in [3.63, 3.8) is 0 Å². The average molecular weight is 291 g/mol. The zero-order valence-electron chi connectivity index (χ0n) is 10.7. The number of nitro benzene ring substituents is 1. The third-order valence-electron chi connectivity index (χ3n) is 3.44. The fourth-order valence-corrected chi connectivity index (χ4v) is 3.56. The highest BCUT2D eigenvalue weighted by molar-refractivity contribution is 7.22. The van der Waals surface area contributed by atoms with Gasteiger partial charge in [-0.15, -0.1) is 0 Å². The topological polar surface area (TPSA) is 76.3 Å². The third kappa shape index (κ3) is 2.24. The number of hydrogen-bond donors (Lipinski definition) is 0. The number of benzene rings is 1. The molecule has 2 aromatic rings. The van der Waals surface area contributed by atoms with E-state index >= 15 is 0 Å². The SMILES string of the molecule is O=c1nc(N2CCCCC2)sc2c([N+](=O)[O-])cccc12. The molecule has 0 bridgehead atoms. The molecule has 0 spiro atoms. The Bertz CT molecular complexity index is 722. The molecule has 0 N–H and O–H groups in total. The number of non-ortho nitro benzene ring substituents is 1. The Hall–Kier alpha value is -2.02. The van der Waals surface area contributed by atoms with Crippen LogP contribution >= 0.6 is 11.3 Å². The van der Waals surface area contributed by atoms with E-state index in [4.69, 9.17) is 0 Å². The Labute approximate surface area is 118 Å². The van der Waals surface area contributed by atoms with Crippen molar-refractivity contribution < 1.29 is 4.92 Å². The van der Waals surface area contributed by atoms with Crippen LogP contribution in [-0.2, 0) is 0 Å². The first-order chi connectivity index (χ1) is 9.66. The number of aromatic nitrogens is 1. The first kappa shape index (κ1) is 13.0. The molecule has 3 rings (SSSR count). The van der Waals surface area contributed by atoms with Gasteiger partial charge in [0, 0.05) is 19.2 Å². The molecule has 6 nitrogen and oxygen atoms in total. The second-order valence-corrected chi connectivity index (χ2v) is 5.74. The first-order valence-electron chi connectivity index (χ1n) is 6.50. The smallest absolute Gasteiger partial charge is 0.287 e. The molecule has 1 aliphatic rings. The number of nitrogens with zero attached hydrogens (tertiary/aromatic N) is 3. The maximum atomic E-state index is 12.1. The summed E-state index contributed by atoms with van der Waals surface area (Å²) in [6.07, 6.45) is 3.31. The Kier molecular flexibility index (Phi) is 3.35. The van der Waals surface area contributed by atoms with Crippen LogP contribution in [0.25, 0.3) is 10.1 Å². The molecule has 0 atom stereocenters. The summed E-state index contributed by atoms with van der Waals surface area (Å²) in [6.45, 7) is 1.71. The molecule has 104 valence electrons. The van der Waals surface area contributed by atoms with Crippen LogP contribution in [0, 0.1) is 10.1 Å². The number of hydrogen-bond acceptors (Lipinski definition) is 6. The molecule has 1 aromatic carbocycles. The standard InChI is InChI=1S/C13H13N3O3S/c17-12-9-5-4-6-10(16(18)19)11(9)20-13(14-12)15-7-2-1-3-8-15/h4-6H,1-3,7-8H2. The van der Waals surface area contributed by atoms with Gasteiger partial charge in [-0.05, 0) is 25.3 Å². The van der Waals surface area contributed by atoms with E-state index in [1.54, 1.807) is 6.07 Å². The zero-order chi connectivity index (χ0) is 14.1. The van der Waals surface area contributed by atoms with Gasteiger partial charge in [-0.3, -0.25) is 14.9 Å². The quantitative estimate of drug-likeness (QED) is 0.627. The van der Waals surface area contributed by atoms with Crippen LogP contribution in [0.3, 0.4) is 0 Å². The van der Waals surface area contributed by atoms with Crippen LogP contribution in [0.1, 0.15) is 19.3 Å². The molecule has 2 heterocycles. The predicted molar refractivity (Wildman–Crippen MR) is 78.6 cm³/mol.